The highest BCUT2D eigenvalue weighted by atomic mass is 79.9. The van der Waals surface area contributed by atoms with E-state index in [4.69, 9.17) is 5.84 Å². The highest BCUT2D eigenvalue weighted by molar-refractivity contribution is 9.10. The summed E-state index contributed by atoms with van der Waals surface area (Å²) in [7, 11) is 0. The molecule has 0 bridgehead atoms. The van der Waals surface area contributed by atoms with Crippen LogP contribution in [0.3, 0.4) is 0 Å². The molecule has 3 rings (SSSR count). The van der Waals surface area contributed by atoms with Gasteiger partial charge in [0.2, 0.25) is 5.95 Å². The van der Waals surface area contributed by atoms with Gasteiger partial charge in [0.15, 0.2) is 0 Å². The van der Waals surface area contributed by atoms with Crippen LogP contribution in [0.15, 0.2) is 53.1 Å². The standard InChI is InChI=1S/C14H12BrN5/c15-11-8-17-14(20-16)19-13(11)18-12-7-3-5-9-4-1-2-6-10(9)12/h1-8H,16H2,(H2,17,18,19,20). The Hall–Kier alpha value is -2.18. The molecule has 0 atom stereocenters. The van der Waals surface area contributed by atoms with Gasteiger partial charge in [-0.3, -0.25) is 5.43 Å². The summed E-state index contributed by atoms with van der Waals surface area (Å²) >= 11 is 3.43. The van der Waals surface area contributed by atoms with Crippen molar-refractivity contribution in [3.05, 3.63) is 53.1 Å². The predicted molar refractivity (Wildman–Crippen MR) is 84.8 cm³/mol. The second-order valence-corrected chi connectivity index (χ2v) is 5.04. The fraction of sp³-hybridized carbons (Fsp3) is 0. The number of anilines is 3. The zero-order valence-corrected chi connectivity index (χ0v) is 12.1. The van der Waals surface area contributed by atoms with E-state index in [1.165, 1.54) is 5.39 Å². The molecule has 2 aromatic carbocycles. The predicted octanol–water partition coefficient (Wildman–Crippen LogP) is 3.42. The molecule has 0 radical (unpaired) electrons. The number of aromatic nitrogens is 2. The van der Waals surface area contributed by atoms with Gasteiger partial charge in [-0.05, 0) is 27.4 Å². The molecule has 0 saturated heterocycles. The van der Waals surface area contributed by atoms with Crippen molar-refractivity contribution >= 4 is 44.2 Å². The second-order valence-electron chi connectivity index (χ2n) is 4.19. The highest BCUT2D eigenvalue weighted by Crippen LogP contribution is 2.29. The summed E-state index contributed by atoms with van der Waals surface area (Å²) in [5, 5.41) is 5.59. The lowest BCUT2D eigenvalue weighted by molar-refractivity contribution is 1.11. The van der Waals surface area contributed by atoms with Crippen LogP contribution < -0.4 is 16.6 Å². The Labute approximate surface area is 124 Å². The minimum absolute atomic E-state index is 0.357. The van der Waals surface area contributed by atoms with E-state index in [-0.39, 0.29) is 0 Å². The first-order chi connectivity index (χ1) is 9.78. The van der Waals surface area contributed by atoms with Crippen LogP contribution in [0.4, 0.5) is 17.5 Å². The van der Waals surface area contributed by atoms with Crippen molar-refractivity contribution in [2.24, 2.45) is 5.84 Å². The summed E-state index contributed by atoms with van der Waals surface area (Å²) in [4.78, 5) is 8.31. The molecular formula is C14H12BrN5. The Bertz CT molecular complexity index is 754. The van der Waals surface area contributed by atoms with E-state index in [1.807, 2.05) is 24.3 Å². The van der Waals surface area contributed by atoms with Crippen LogP contribution in [0.5, 0.6) is 0 Å². The zero-order valence-electron chi connectivity index (χ0n) is 10.5. The number of hydrogen-bond donors (Lipinski definition) is 3. The first kappa shape index (κ1) is 12.8. The van der Waals surface area contributed by atoms with E-state index in [9.17, 15) is 0 Å². The third-order valence-electron chi connectivity index (χ3n) is 2.92. The lowest BCUT2D eigenvalue weighted by Crippen LogP contribution is -2.11. The van der Waals surface area contributed by atoms with Gasteiger partial charge in [-0.2, -0.15) is 4.98 Å². The maximum absolute atomic E-state index is 5.33. The molecule has 0 saturated carbocycles. The number of nitrogens with zero attached hydrogens (tertiary/aromatic N) is 2. The van der Waals surface area contributed by atoms with Crippen LogP contribution >= 0.6 is 15.9 Å². The first-order valence-electron chi connectivity index (χ1n) is 6.02. The SMILES string of the molecule is NNc1ncc(Br)c(Nc2cccc3ccccc23)n1. The van der Waals surface area contributed by atoms with E-state index in [2.05, 4.69) is 54.8 Å². The summed E-state index contributed by atoms with van der Waals surface area (Å²) < 4.78 is 0.768. The molecule has 20 heavy (non-hydrogen) atoms. The van der Waals surface area contributed by atoms with Crippen molar-refractivity contribution in [1.29, 1.82) is 0 Å². The Morgan fingerprint density at radius 1 is 1.05 bits per heavy atom. The Morgan fingerprint density at radius 2 is 1.85 bits per heavy atom. The van der Waals surface area contributed by atoms with Crippen molar-refractivity contribution in [1.82, 2.24) is 9.97 Å². The van der Waals surface area contributed by atoms with Gasteiger partial charge in [-0.15, -0.1) is 0 Å². The van der Waals surface area contributed by atoms with Crippen molar-refractivity contribution in [2.75, 3.05) is 10.7 Å². The van der Waals surface area contributed by atoms with Gasteiger partial charge in [-0.1, -0.05) is 36.4 Å². The average molecular weight is 330 g/mol. The van der Waals surface area contributed by atoms with E-state index >= 15 is 0 Å². The second kappa shape index (κ2) is 5.44. The van der Waals surface area contributed by atoms with Crippen LogP contribution in [-0.4, -0.2) is 9.97 Å². The van der Waals surface area contributed by atoms with Gasteiger partial charge in [0.25, 0.3) is 0 Å². The summed E-state index contributed by atoms with van der Waals surface area (Å²) in [6.45, 7) is 0. The van der Waals surface area contributed by atoms with E-state index in [1.54, 1.807) is 6.20 Å². The molecule has 0 spiro atoms. The van der Waals surface area contributed by atoms with Crippen LogP contribution in [0.1, 0.15) is 0 Å². The van der Waals surface area contributed by atoms with Gasteiger partial charge in [-0.25, -0.2) is 10.8 Å². The van der Waals surface area contributed by atoms with Crippen LogP contribution in [0, 0.1) is 0 Å². The van der Waals surface area contributed by atoms with Gasteiger partial charge >= 0.3 is 0 Å². The number of rotatable bonds is 3. The van der Waals surface area contributed by atoms with Gasteiger partial charge < -0.3 is 5.32 Å². The van der Waals surface area contributed by atoms with Crippen molar-refractivity contribution in [3.8, 4) is 0 Å². The normalized spacial score (nSPS) is 10.5. The summed E-state index contributed by atoms with van der Waals surface area (Å²) in [6, 6.07) is 14.2. The number of nitrogens with one attached hydrogen (secondary N) is 2. The minimum Gasteiger partial charge on any atom is -0.339 e. The van der Waals surface area contributed by atoms with E-state index < -0.39 is 0 Å². The molecule has 0 aliphatic rings. The van der Waals surface area contributed by atoms with Crippen LogP contribution in [-0.2, 0) is 0 Å². The topological polar surface area (TPSA) is 75.9 Å². The number of halogens is 1. The van der Waals surface area contributed by atoms with Gasteiger partial charge in [0, 0.05) is 17.3 Å². The molecule has 0 unspecified atom stereocenters. The lowest BCUT2D eigenvalue weighted by atomic mass is 10.1. The van der Waals surface area contributed by atoms with Crippen LogP contribution in [0.25, 0.3) is 10.8 Å². The Balaban J connectivity index is 2.05. The van der Waals surface area contributed by atoms with Crippen molar-refractivity contribution in [2.45, 2.75) is 0 Å². The average Bonchev–Trinajstić information content (AvgIpc) is 2.50. The summed E-state index contributed by atoms with van der Waals surface area (Å²) in [5.41, 5.74) is 3.41. The van der Waals surface area contributed by atoms with E-state index in [0.29, 0.717) is 11.8 Å². The van der Waals surface area contributed by atoms with E-state index in [0.717, 1.165) is 15.5 Å². The molecule has 5 nitrogen and oxygen atoms in total. The minimum atomic E-state index is 0.357. The van der Waals surface area contributed by atoms with Crippen LogP contribution in [0.2, 0.25) is 0 Å². The maximum atomic E-state index is 5.33. The Morgan fingerprint density at radius 3 is 2.70 bits per heavy atom. The summed E-state index contributed by atoms with van der Waals surface area (Å²) in [5.74, 6) is 6.35. The molecule has 3 aromatic rings. The highest BCUT2D eigenvalue weighted by Gasteiger charge is 2.07. The molecule has 0 amide bonds. The van der Waals surface area contributed by atoms with Crippen molar-refractivity contribution < 1.29 is 0 Å². The molecule has 4 N–H and O–H groups in total. The molecule has 1 aromatic heterocycles. The maximum Gasteiger partial charge on any atom is 0.239 e. The number of hydrazine groups is 1. The molecule has 0 fully saturated rings. The molecular weight excluding hydrogens is 318 g/mol. The zero-order chi connectivity index (χ0) is 13.9. The third kappa shape index (κ3) is 2.43. The van der Waals surface area contributed by atoms with Gasteiger partial charge in [0.05, 0.1) is 4.47 Å². The van der Waals surface area contributed by atoms with Gasteiger partial charge in [0.1, 0.15) is 5.82 Å². The smallest absolute Gasteiger partial charge is 0.239 e. The number of benzene rings is 2. The fourth-order valence-electron chi connectivity index (χ4n) is 1.99. The quantitative estimate of drug-likeness (QED) is 0.507. The molecule has 1 heterocycles. The monoisotopic (exact) mass is 329 g/mol. The molecule has 100 valence electrons. The Kier molecular flexibility index (Phi) is 3.49. The lowest BCUT2D eigenvalue weighted by Gasteiger charge is -2.11. The number of hydrogen-bond acceptors (Lipinski definition) is 5. The van der Waals surface area contributed by atoms with Crippen molar-refractivity contribution in [3.63, 3.8) is 0 Å². The number of fused-ring (bicyclic) bond motifs is 1. The largest absolute Gasteiger partial charge is 0.339 e. The molecule has 0 aliphatic carbocycles. The molecule has 6 heteroatoms. The molecule has 0 aliphatic heterocycles. The fourth-order valence-corrected chi connectivity index (χ4v) is 2.28. The summed E-state index contributed by atoms with van der Waals surface area (Å²) in [6.07, 6.45) is 1.65. The number of nitrogens with two attached hydrogens (primary N) is 1. The third-order valence-corrected chi connectivity index (χ3v) is 3.50. The number of nitrogen functional groups attached to an aromatic ring is 1. The first-order valence-corrected chi connectivity index (χ1v) is 6.81.